The molecule has 6 atom stereocenters. The van der Waals surface area contributed by atoms with Crippen LogP contribution in [-0.4, -0.2) is 61.3 Å². The summed E-state index contributed by atoms with van der Waals surface area (Å²) in [6.07, 6.45) is 8.63. The van der Waals surface area contributed by atoms with Crippen LogP contribution in [0.25, 0.3) is 0 Å². The molecule has 2 N–H and O–H groups in total. The minimum absolute atomic E-state index is 0.0222. The zero-order valence-corrected chi connectivity index (χ0v) is 17.2. The number of fused-ring (bicyclic) bond motifs is 3. The van der Waals surface area contributed by atoms with Gasteiger partial charge in [0.15, 0.2) is 0 Å². The number of quaternary nitrogens is 1. The Bertz CT molecular complexity index is 648. The summed E-state index contributed by atoms with van der Waals surface area (Å²) in [6, 6.07) is 0. The molecule has 5 aliphatic rings. The second kappa shape index (κ2) is 6.98. The van der Waals surface area contributed by atoms with Crippen molar-refractivity contribution in [3.63, 3.8) is 0 Å². The predicted octanol–water partition coefficient (Wildman–Crippen LogP) is 1.09. The molecule has 2 aliphatic carbocycles. The molecule has 1 amide bonds. The van der Waals surface area contributed by atoms with E-state index >= 15 is 0 Å². The molecule has 2 saturated carbocycles. The molecule has 5 fully saturated rings. The first-order valence-electron chi connectivity index (χ1n) is 11.4. The van der Waals surface area contributed by atoms with Crippen molar-refractivity contribution in [1.29, 1.82) is 0 Å². The van der Waals surface area contributed by atoms with Crippen LogP contribution in [0.15, 0.2) is 0 Å². The molecule has 28 heavy (non-hydrogen) atoms. The number of hydrogen-bond acceptors (Lipinski definition) is 4. The number of hydrogen-bond donors (Lipinski definition) is 1. The largest absolute Gasteiger partial charge is 0.462 e. The minimum Gasteiger partial charge on any atom is -0.462 e. The standard InChI is InChI=1S/C22H34N2O4/c1-21-6-3-7-22(14-27-22)18(21)11-15-16(20(26)28-17(15)12-21)13-23-8-4-10-24-9-2-5-19(24)25/h15-18,23H,2-14H2,1H3/p+1/t15-,16-,17-,18-,21-,22-/m1/s1. The Hall–Kier alpha value is -1.14. The molecule has 5 rings (SSSR count). The van der Waals surface area contributed by atoms with Crippen LogP contribution in [0.4, 0.5) is 0 Å². The Kier molecular flexibility index (Phi) is 4.70. The van der Waals surface area contributed by atoms with Crippen molar-refractivity contribution in [2.24, 2.45) is 23.2 Å². The van der Waals surface area contributed by atoms with E-state index in [9.17, 15) is 9.59 Å². The van der Waals surface area contributed by atoms with E-state index in [1.807, 2.05) is 4.90 Å². The predicted molar refractivity (Wildman–Crippen MR) is 102 cm³/mol. The van der Waals surface area contributed by atoms with E-state index in [0.29, 0.717) is 24.2 Å². The summed E-state index contributed by atoms with van der Waals surface area (Å²) in [5.41, 5.74) is 0.400. The van der Waals surface area contributed by atoms with Crippen LogP contribution in [0.1, 0.15) is 58.3 Å². The SMILES string of the molecule is C[C@]12CCC[C@@]3(CO3)[C@@H]1C[C@H]1[C@@H](C2)OC(=O)[C@@H]1C[NH2+]CCCN1CCCC1=O. The molecule has 0 bridgehead atoms. The van der Waals surface area contributed by atoms with E-state index < -0.39 is 0 Å². The number of nitrogens with two attached hydrogens (primary N) is 1. The van der Waals surface area contributed by atoms with Gasteiger partial charge in [-0.2, -0.15) is 0 Å². The van der Waals surface area contributed by atoms with Crippen molar-refractivity contribution in [3.05, 3.63) is 0 Å². The molecular weight excluding hydrogens is 356 g/mol. The summed E-state index contributed by atoms with van der Waals surface area (Å²) in [7, 11) is 0. The van der Waals surface area contributed by atoms with Gasteiger partial charge in [-0.1, -0.05) is 6.92 Å². The molecular formula is C22H35N2O4+. The third-order valence-corrected chi connectivity index (χ3v) is 8.51. The Morgan fingerprint density at radius 1 is 1.25 bits per heavy atom. The van der Waals surface area contributed by atoms with Crippen molar-refractivity contribution in [2.75, 3.05) is 32.8 Å². The number of epoxide rings is 1. The van der Waals surface area contributed by atoms with Crippen LogP contribution >= 0.6 is 0 Å². The average Bonchev–Trinajstić information content (AvgIpc) is 3.20. The summed E-state index contributed by atoms with van der Waals surface area (Å²) in [4.78, 5) is 26.3. The fourth-order valence-corrected chi connectivity index (χ4v) is 6.89. The topological polar surface area (TPSA) is 75.8 Å². The molecule has 0 aromatic heterocycles. The highest BCUT2D eigenvalue weighted by molar-refractivity contribution is 5.78. The van der Waals surface area contributed by atoms with Gasteiger partial charge in [0.2, 0.25) is 5.91 Å². The van der Waals surface area contributed by atoms with E-state index in [4.69, 9.17) is 9.47 Å². The van der Waals surface area contributed by atoms with Crippen LogP contribution in [0.3, 0.4) is 0 Å². The van der Waals surface area contributed by atoms with E-state index in [-0.39, 0.29) is 29.0 Å². The molecule has 1 spiro atoms. The van der Waals surface area contributed by atoms with Crippen molar-refractivity contribution < 1.29 is 24.4 Å². The van der Waals surface area contributed by atoms with Crippen molar-refractivity contribution in [3.8, 4) is 0 Å². The molecule has 3 heterocycles. The molecule has 0 aromatic rings. The number of amides is 1. The molecule has 3 aliphatic heterocycles. The van der Waals surface area contributed by atoms with Crippen LogP contribution in [-0.2, 0) is 19.1 Å². The third-order valence-electron chi connectivity index (χ3n) is 8.51. The number of carbonyl (C=O) groups excluding carboxylic acids is 2. The lowest BCUT2D eigenvalue weighted by Gasteiger charge is -2.51. The number of rotatable bonds is 6. The summed E-state index contributed by atoms with van der Waals surface area (Å²) in [5, 5.41) is 2.27. The second-order valence-electron chi connectivity index (χ2n) is 10.3. The summed E-state index contributed by atoms with van der Waals surface area (Å²) in [5.74, 6) is 1.31. The van der Waals surface area contributed by atoms with Gasteiger partial charge in [0.1, 0.15) is 12.0 Å². The van der Waals surface area contributed by atoms with E-state index in [1.165, 1.54) is 19.3 Å². The molecule has 6 heteroatoms. The lowest BCUT2D eigenvalue weighted by atomic mass is 9.53. The maximum absolute atomic E-state index is 12.6. The van der Waals surface area contributed by atoms with E-state index in [2.05, 4.69) is 12.2 Å². The number of carbonyl (C=O) groups is 2. The first-order chi connectivity index (χ1) is 13.5. The average molecular weight is 392 g/mol. The first-order valence-corrected chi connectivity index (χ1v) is 11.4. The number of esters is 1. The van der Waals surface area contributed by atoms with Gasteiger partial charge in [-0.15, -0.1) is 0 Å². The van der Waals surface area contributed by atoms with Gasteiger partial charge in [0.25, 0.3) is 0 Å². The van der Waals surface area contributed by atoms with Gasteiger partial charge in [0, 0.05) is 31.8 Å². The van der Waals surface area contributed by atoms with E-state index in [1.54, 1.807) is 0 Å². The monoisotopic (exact) mass is 391 g/mol. The summed E-state index contributed by atoms with van der Waals surface area (Å²) in [6.45, 7) is 6.90. The van der Waals surface area contributed by atoms with Gasteiger partial charge >= 0.3 is 5.97 Å². The van der Waals surface area contributed by atoms with Gasteiger partial charge in [-0.25, -0.2) is 0 Å². The van der Waals surface area contributed by atoms with Crippen molar-refractivity contribution >= 4 is 11.9 Å². The molecule has 156 valence electrons. The van der Waals surface area contributed by atoms with Gasteiger partial charge in [-0.3, -0.25) is 9.59 Å². The van der Waals surface area contributed by atoms with Crippen molar-refractivity contribution in [2.45, 2.75) is 70.0 Å². The lowest BCUT2D eigenvalue weighted by molar-refractivity contribution is -0.659. The number of ether oxygens (including phenoxy) is 2. The quantitative estimate of drug-likeness (QED) is 0.418. The summed E-state index contributed by atoms with van der Waals surface area (Å²) < 4.78 is 11.9. The minimum atomic E-state index is 0.0222. The highest BCUT2D eigenvalue weighted by Gasteiger charge is 2.65. The molecule has 6 nitrogen and oxygen atoms in total. The Morgan fingerprint density at radius 3 is 2.86 bits per heavy atom. The first kappa shape index (κ1) is 18.9. The van der Waals surface area contributed by atoms with Crippen LogP contribution in [0, 0.1) is 23.2 Å². The van der Waals surface area contributed by atoms with Crippen molar-refractivity contribution in [1.82, 2.24) is 4.90 Å². The highest BCUT2D eigenvalue weighted by atomic mass is 16.6. The van der Waals surface area contributed by atoms with E-state index in [0.717, 1.165) is 58.5 Å². The molecule has 0 radical (unpaired) electrons. The highest BCUT2D eigenvalue weighted by Crippen LogP contribution is 2.62. The van der Waals surface area contributed by atoms with Gasteiger partial charge in [0.05, 0.1) is 25.3 Å². The number of likely N-dealkylation sites (tertiary alicyclic amines) is 1. The Labute approximate surface area is 167 Å². The second-order valence-corrected chi connectivity index (χ2v) is 10.3. The lowest BCUT2D eigenvalue weighted by Crippen LogP contribution is -2.86. The smallest absolute Gasteiger partial charge is 0.315 e. The zero-order chi connectivity index (χ0) is 19.4. The van der Waals surface area contributed by atoms with Crippen LogP contribution in [0.5, 0.6) is 0 Å². The fourth-order valence-electron chi connectivity index (χ4n) is 6.89. The maximum atomic E-state index is 12.6. The van der Waals surface area contributed by atoms with Crippen LogP contribution in [0.2, 0.25) is 0 Å². The summed E-state index contributed by atoms with van der Waals surface area (Å²) >= 11 is 0. The third kappa shape index (κ3) is 3.17. The normalized spacial score (nSPS) is 44.5. The molecule has 0 aromatic carbocycles. The van der Waals surface area contributed by atoms with Gasteiger partial charge < -0.3 is 19.7 Å². The fraction of sp³-hybridized carbons (Fsp3) is 0.909. The van der Waals surface area contributed by atoms with Crippen LogP contribution < -0.4 is 5.32 Å². The molecule has 0 unspecified atom stereocenters. The molecule has 3 saturated heterocycles. The van der Waals surface area contributed by atoms with Gasteiger partial charge in [-0.05, 0) is 49.9 Å². The number of nitrogens with zero attached hydrogens (tertiary/aromatic N) is 1. The Morgan fingerprint density at radius 2 is 2.11 bits per heavy atom. The zero-order valence-electron chi connectivity index (χ0n) is 17.2. The maximum Gasteiger partial charge on any atom is 0.315 e. The Balaban J connectivity index is 1.15.